The van der Waals surface area contributed by atoms with Crippen LogP contribution in [0.1, 0.15) is 34.7 Å². The fourth-order valence-electron chi connectivity index (χ4n) is 5.65. The Morgan fingerprint density at radius 1 is 0.667 bits per heavy atom. The molecule has 0 N–H and O–H groups in total. The van der Waals surface area contributed by atoms with Crippen molar-refractivity contribution in [1.29, 1.82) is 0 Å². The number of benzene rings is 4. The maximum absolute atomic E-state index is 14.8. The molecule has 0 bridgehead atoms. The maximum Gasteiger partial charge on any atom is 0.416 e. The van der Waals surface area contributed by atoms with E-state index < -0.39 is 41.7 Å². The van der Waals surface area contributed by atoms with Gasteiger partial charge in [0.1, 0.15) is 23.8 Å². The number of alkyl halides is 3. The van der Waals surface area contributed by atoms with Crippen molar-refractivity contribution in [2.45, 2.75) is 63.7 Å². The highest BCUT2D eigenvalue weighted by molar-refractivity contribution is 5.28. The molecule has 0 spiro atoms. The molecule has 1 fully saturated rings. The molecule has 4 nitrogen and oxygen atoms in total. The van der Waals surface area contributed by atoms with E-state index in [4.69, 9.17) is 14.2 Å². The number of hydrogen-bond donors (Lipinski definition) is 0. The number of nitrogens with zero attached hydrogens (tertiary/aromatic N) is 1. The molecule has 0 radical (unpaired) electrons. The molecule has 4 aromatic carbocycles. The van der Waals surface area contributed by atoms with Gasteiger partial charge in [0.15, 0.2) is 0 Å². The molecule has 0 amide bonds. The van der Waals surface area contributed by atoms with Crippen LogP contribution in [-0.4, -0.2) is 42.3 Å². The lowest BCUT2D eigenvalue weighted by Crippen LogP contribution is -2.62. The zero-order valence-corrected chi connectivity index (χ0v) is 24.9. The van der Waals surface area contributed by atoms with Gasteiger partial charge in [-0.25, -0.2) is 8.78 Å². The van der Waals surface area contributed by atoms with Crippen LogP contribution in [0.5, 0.6) is 0 Å². The van der Waals surface area contributed by atoms with E-state index in [0.717, 1.165) is 16.7 Å². The van der Waals surface area contributed by atoms with Gasteiger partial charge in [0.05, 0.1) is 31.5 Å². The molecule has 1 aliphatic rings. The van der Waals surface area contributed by atoms with Gasteiger partial charge < -0.3 is 14.2 Å². The number of likely N-dealkylation sites (tertiary alicyclic amines) is 1. The van der Waals surface area contributed by atoms with Crippen molar-refractivity contribution in [3.63, 3.8) is 0 Å². The van der Waals surface area contributed by atoms with Crippen LogP contribution < -0.4 is 0 Å². The molecule has 0 aromatic heterocycles. The van der Waals surface area contributed by atoms with E-state index in [1.54, 1.807) is 0 Å². The van der Waals surface area contributed by atoms with Crippen molar-refractivity contribution < 1.29 is 36.2 Å². The van der Waals surface area contributed by atoms with Crippen LogP contribution in [0.2, 0.25) is 0 Å². The summed E-state index contributed by atoms with van der Waals surface area (Å²) in [6.45, 7) is 3.44. The molecule has 45 heavy (non-hydrogen) atoms. The Morgan fingerprint density at radius 2 is 1.11 bits per heavy atom. The second-order valence-corrected chi connectivity index (χ2v) is 11.3. The lowest BCUT2D eigenvalue weighted by atomic mass is 9.93. The molecule has 1 heterocycles. The molecule has 5 rings (SSSR count). The molecule has 0 unspecified atom stereocenters. The van der Waals surface area contributed by atoms with Crippen LogP contribution in [0.4, 0.5) is 22.0 Å². The van der Waals surface area contributed by atoms with Gasteiger partial charge in [0, 0.05) is 24.7 Å². The maximum atomic E-state index is 14.8. The molecule has 0 aliphatic carbocycles. The average molecular weight is 626 g/mol. The van der Waals surface area contributed by atoms with E-state index in [1.807, 2.05) is 103 Å². The summed E-state index contributed by atoms with van der Waals surface area (Å²) in [5.74, 6) is -2.44. The van der Waals surface area contributed by atoms with E-state index in [0.29, 0.717) is 38.5 Å². The lowest BCUT2D eigenvalue weighted by Gasteiger charge is -2.47. The molecule has 1 aliphatic heterocycles. The number of hydrogen-bond acceptors (Lipinski definition) is 4. The summed E-state index contributed by atoms with van der Waals surface area (Å²) < 4.78 is 88.4. The minimum Gasteiger partial charge on any atom is -0.369 e. The van der Waals surface area contributed by atoms with Gasteiger partial charge in [0.25, 0.3) is 0 Å². The molecule has 4 atom stereocenters. The van der Waals surface area contributed by atoms with Crippen molar-refractivity contribution in [3.8, 4) is 0 Å². The van der Waals surface area contributed by atoms with Crippen LogP contribution in [-0.2, 0) is 46.6 Å². The van der Waals surface area contributed by atoms with Crippen LogP contribution in [0.3, 0.4) is 0 Å². The third-order valence-electron chi connectivity index (χ3n) is 8.15. The zero-order valence-electron chi connectivity index (χ0n) is 24.9. The molecule has 4 aromatic rings. The second kappa shape index (κ2) is 15.1. The fraction of sp³-hybridized carbons (Fsp3) is 0.333. The number of rotatable bonds is 12. The van der Waals surface area contributed by atoms with Gasteiger partial charge in [0.2, 0.25) is 0 Å². The van der Waals surface area contributed by atoms with E-state index in [-0.39, 0.29) is 24.6 Å². The van der Waals surface area contributed by atoms with E-state index in [1.165, 1.54) is 0 Å². The summed E-state index contributed by atoms with van der Waals surface area (Å²) in [6, 6.07) is 29.6. The average Bonchev–Trinajstić information content (AvgIpc) is 3.04. The summed E-state index contributed by atoms with van der Waals surface area (Å²) in [4.78, 5) is 2.00. The summed E-state index contributed by atoms with van der Waals surface area (Å²) in [7, 11) is 0. The minimum absolute atomic E-state index is 0.132. The predicted molar refractivity (Wildman–Crippen MR) is 161 cm³/mol. The Kier molecular flexibility index (Phi) is 11.0. The summed E-state index contributed by atoms with van der Waals surface area (Å²) >= 11 is 0. The monoisotopic (exact) mass is 625 g/mol. The van der Waals surface area contributed by atoms with E-state index in [2.05, 4.69) is 0 Å². The lowest BCUT2D eigenvalue weighted by molar-refractivity contribution is -0.200. The third-order valence-corrected chi connectivity index (χ3v) is 8.15. The summed E-state index contributed by atoms with van der Waals surface area (Å²) in [5.41, 5.74) is 1.19. The Bertz CT molecular complexity index is 1460. The quantitative estimate of drug-likeness (QED) is 0.149. The van der Waals surface area contributed by atoms with Gasteiger partial charge in [-0.15, -0.1) is 0 Å². The highest BCUT2D eigenvalue weighted by Crippen LogP contribution is 2.33. The first-order chi connectivity index (χ1) is 21.7. The first-order valence-corrected chi connectivity index (χ1v) is 14.9. The van der Waals surface area contributed by atoms with Crippen molar-refractivity contribution >= 4 is 0 Å². The Hall–Kier alpha value is -3.63. The van der Waals surface area contributed by atoms with Crippen molar-refractivity contribution in [1.82, 2.24) is 4.90 Å². The Balaban J connectivity index is 1.40. The molecule has 238 valence electrons. The standard InChI is InChI=1S/C36H36F5NO3/c1-25-34(44-23-27-13-7-3-8-14-27)35(45-24-28-15-9-4-10-16-28)33(43-22-26-11-5-2-6-12-26)21-42(25)18-17-30-31(37)19-29(20-32(30)38)36(39,40)41/h2-16,19-20,25,33-35H,17-18,21-24H2,1H3/t25-,33+,34-,35-/m1/s1. The zero-order chi connectivity index (χ0) is 31.8. The normalized spacial score (nSPS) is 20.8. The van der Waals surface area contributed by atoms with Crippen molar-refractivity contribution in [3.05, 3.63) is 143 Å². The number of halogens is 5. The molecule has 9 heteroatoms. The van der Waals surface area contributed by atoms with Gasteiger partial charge in [-0.3, -0.25) is 4.90 Å². The molecular formula is C36H36F5NO3. The largest absolute Gasteiger partial charge is 0.416 e. The number of ether oxygens (including phenoxy) is 3. The van der Waals surface area contributed by atoms with Crippen LogP contribution in [0.25, 0.3) is 0 Å². The first kappa shape index (κ1) is 32.8. The Morgan fingerprint density at radius 3 is 1.58 bits per heavy atom. The van der Waals surface area contributed by atoms with Gasteiger partial charge in [-0.2, -0.15) is 13.2 Å². The third kappa shape index (κ3) is 8.76. The summed E-state index contributed by atoms with van der Waals surface area (Å²) in [6.07, 6.45) is -6.43. The molecule has 1 saturated heterocycles. The number of piperidine rings is 1. The Labute approximate surface area is 260 Å². The predicted octanol–water partition coefficient (Wildman–Crippen LogP) is 7.99. The van der Waals surface area contributed by atoms with Crippen molar-refractivity contribution in [2.24, 2.45) is 0 Å². The smallest absolute Gasteiger partial charge is 0.369 e. The summed E-state index contributed by atoms with van der Waals surface area (Å²) in [5, 5.41) is 0. The highest BCUT2D eigenvalue weighted by Gasteiger charge is 2.44. The SMILES string of the molecule is C[C@@H]1[C@@H](OCc2ccccc2)[C@H](OCc2ccccc2)[C@@H](OCc2ccccc2)CN1CCc1c(F)cc(C(F)(F)F)cc1F. The molecular weight excluding hydrogens is 589 g/mol. The van der Waals surface area contributed by atoms with E-state index >= 15 is 0 Å². The topological polar surface area (TPSA) is 30.9 Å². The van der Waals surface area contributed by atoms with E-state index in [9.17, 15) is 22.0 Å². The molecule has 0 saturated carbocycles. The van der Waals surface area contributed by atoms with Crippen LogP contribution >= 0.6 is 0 Å². The van der Waals surface area contributed by atoms with Gasteiger partial charge in [-0.1, -0.05) is 91.0 Å². The minimum atomic E-state index is -4.84. The van der Waals surface area contributed by atoms with Crippen LogP contribution in [0.15, 0.2) is 103 Å². The van der Waals surface area contributed by atoms with Gasteiger partial charge in [-0.05, 0) is 42.2 Å². The second-order valence-electron chi connectivity index (χ2n) is 11.3. The van der Waals surface area contributed by atoms with Gasteiger partial charge >= 0.3 is 6.18 Å². The fourth-order valence-corrected chi connectivity index (χ4v) is 5.65. The highest BCUT2D eigenvalue weighted by atomic mass is 19.4. The van der Waals surface area contributed by atoms with Crippen LogP contribution in [0, 0.1) is 11.6 Å². The first-order valence-electron chi connectivity index (χ1n) is 14.9. The van der Waals surface area contributed by atoms with Crippen molar-refractivity contribution in [2.75, 3.05) is 13.1 Å².